The molecule has 0 radical (unpaired) electrons. The first-order valence-corrected chi connectivity index (χ1v) is 4.89. The van der Waals surface area contributed by atoms with Crippen LogP contribution in [0, 0.1) is 0 Å². The Kier molecular flexibility index (Phi) is 3.13. The molecule has 7 heteroatoms. The van der Waals surface area contributed by atoms with Crippen LogP contribution < -0.4 is 0 Å². The number of hydrogen-bond acceptors (Lipinski definition) is 3. The third-order valence-electron chi connectivity index (χ3n) is 1.79. The van der Waals surface area contributed by atoms with E-state index in [1.165, 1.54) is 4.57 Å². The van der Waals surface area contributed by atoms with Crippen molar-refractivity contribution in [3.05, 3.63) is 16.1 Å². The molecule has 1 rings (SSSR count). The number of rotatable bonds is 3. The van der Waals surface area contributed by atoms with Gasteiger partial charge >= 0.3 is 11.9 Å². The zero-order valence-electron chi connectivity index (χ0n) is 8.06. The predicted molar refractivity (Wildman–Crippen MR) is 54.2 cm³/mol. The summed E-state index contributed by atoms with van der Waals surface area (Å²) in [5.74, 6) is -2.66. The largest absolute Gasteiger partial charge is 0.476 e. The van der Waals surface area contributed by atoms with Gasteiger partial charge in [0.05, 0.1) is 0 Å². The Hall–Kier alpha value is -1.37. The van der Waals surface area contributed by atoms with Gasteiger partial charge in [-0.25, -0.2) is 14.6 Å². The van der Waals surface area contributed by atoms with Crippen molar-refractivity contribution < 1.29 is 19.8 Å². The Balaban J connectivity index is 3.51. The van der Waals surface area contributed by atoms with Crippen molar-refractivity contribution in [2.75, 3.05) is 0 Å². The van der Waals surface area contributed by atoms with E-state index in [-0.39, 0.29) is 16.5 Å². The van der Waals surface area contributed by atoms with Crippen molar-refractivity contribution >= 4 is 27.9 Å². The lowest BCUT2D eigenvalue weighted by molar-refractivity contribution is 0.0639. The molecule has 82 valence electrons. The average molecular weight is 277 g/mol. The highest BCUT2D eigenvalue weighted by Crippen LogP contribution is 2.22. The molecule has 15 heavy (non-hydrogen) atoms. The summed E-state index contributed by atoms with van der Waals surface area (Å²) in [7, 11) is 0. The first-order valence-electron chi connectivity index (χ1n) is 4.10. The molecule has 0 saturated heterocycles. The predicted octanol–water partition coefficient (Wildman–Crippen LogP) is 1.62. The van der Waals surface area contributed by atoms with Gasteiger partial charge in [0.25, 0.3) is 0 Å². The molecule has 0 bridgehead atoms. The van der Waals surface area contributed by atoms with Crippen molar-refractivity contribution in [3.8, 4) is 0 Å². The molecule has 0 aliphatic rings. The number of imidazole rings is 1. The molecule has 2 N–H and O–H groups in total. The molecular formula is C8H9BrN2O4. The maximum atomic E-state index is 10.9. The number of carbonyl (C=O) groups is 2. The van der Waals surface area contributed by atoms with Gasteiger partial charge in [0.1, 0.15) is 0 Å². The molecule has 1 aromatic rings. The number of carboxylic acids is 2. The van der Waals surface area contributed by atoms with Gasteiger partial charge in [0.15, 0.2) is 16.1 Å². The Morgan fingerprint density at radius 1 is 1.33 bits per heavy atom. The van der Waals surface area contributed by atoms with Gasteiger partial charge in [0, 0.05) is 6.04 Å². The third-order valence-corrected chi connectivity index (χ3v) is 2.35. The molecule has 0 aliphatic heterocycles. The Morgan fingerprint density at radius 3 is 2.20 bits per heavy atom. The fourth-order valence-electron chi connectivity index (χ4n) is 1.23. The minimum Gasteiger partial charge on any atom is -0.476 e. The second kappa shape index (κ2) is 4.01. The van der Waals surface area contributed by atoms with E-state index in [9.17, 15) is 9.59 Å². The van der Waals surface area contributed by atoms with Crippen molar-refractivity contribution in [1.29, 1.82) is 0 Å². The molecule has 0 fully saturated rings. The Bertz CT molecular complexity index is 425. The highest BCUT2D eigenvalue weighted by Gasteiger charge is 2.27. The quantitative estimate of drug-likeness (QED) is 0.875. The summed E-state index contributed by atoms with van der Waals surface area (Å²) in [6, 6.07) is -0.189. The molecule has 1 aromatic heterocycles. The van der Waals surface area contributed by atoms with Crippen LogP contribution in [-0.4, -0.2) is 31.7 Å². The van der Waals surface area contributed by atoms with Gasteiger partial charge in [-0.3, -0.25) is 0 Å². The van der Waals surface area contributed by atoms with E-state index in [1.54, 1.807) is 13.8 Å². The second-order valence-electron chi connectivity index (χ2n) is 3.15. The maximum Gasteiger partial charge on any atom is 0.357 e. The lowest BCUT2D eigenvalue weighted by Gasteiger charge is -2.10. The van der Waals surface area contributed by atoms with Crippen LogP contribution in [0.15, 0.2) is 4.73 Å². The van der Waals surface area contributed by atoms with Crippen LogP contribution in [0.3, 0.4) is 0 Å². The van der Waals surface area contributed by atoms with E-state index < -0.39 is 17.6 Å². The maximum absolute atomic E-state index is 10.9. The van der Waals surface area contributed by atoms with E-state index >= 15 is 0 Å². The second-order valence-corrected chi connectivity index (χ2v) is 3.86. The van der Waals surface area contributed by atoms with E-state index in [1.807, 2.05) is 0 Å². The molecule has 0 aromatic carbocycles. The standard InChI is InChI=1S/C8H9BrN2O4/c1-3(2)11-5(7(14)15)4(6(12)13)10-8(11)9/h3H,1-2H3,(H,12,13)(H,14,15). The lowest BCUT2D eigenvalue weighted by atomic mass is 10.3. The van der Waals surface area contributed by atoms with Crippen LogP contribution in [-0.2, 0) is 0 Å². The zero-order valence-corrected chi connectivity index (χ0v) is 9.65. The van der Waals surface area contributed by atoms with Crippen LogP contribution in [0.5, 0.6) is 0 Å². The number of carboxylic acid groups (broad SMARTS) is 2. The van der Waals surface area contributed by atoms with Gasteiger partial charge in [-0.2, -0.15) is 0 Å². The van der Waals surface area contributed by atoms with Gasteiger partial charge in [0.2, 0.25) is 0 Å². The van der Waals surface area contributed by atoms with Crippen LogP contribution in [0.25, 0.3) is 0 Å². The fraction of sp³-hybridized carbons (Fsp3) is 0.375. The lowest BCUT2D eigenvalue weighted by Crippen LogP contribution is -2.14. The molecular weight excluding hydrogens is 268 g/mol. The van der Waals surface area contributed by atoms with Crippen LogP contribution in [0.4, 0.5) is 0 Å². The Labute approximate surface area is 93.7 Å². The van der Waals surface area contributed by atoms with Crippen LogP contribution >= 0.6 is 15.9 Å². The average Bonchev–Trinajstić information content (AvgIpc) is 2.42. The summed E-state index contributed by atoms with van der Waals surface area (Å²) in [5.41, 5.74) is -0.771. The monoisotopic (exact) mass is 276 g/mol. The molecule has 0 spiro atoms. The molecule has 0 saturated carbocycles. The van der Waals surface area contributed by atoms with Crippen molar-refractivity contribution in [1.82, 2.24) is 9.55 Å². The number of nitrogens with zero attached hydrogens (tertiary/aromatic N) is 2. The zero-order chi connectivity index (χ0) is 11.7. The van der Waals surface area contributed by atoms with Crippen molar-refractivity contribution in [2.45, 2.75) is 19.9 Å². The number of aromatic carboxylic acids is 2. The molecule has 1 heterocycles. The smallest absolute Gasteiger partial charge is 0.357 e. The number of aromatic nitrogens is 2. The summed E-state index contributed by atoms with van der Waals surface area (Å²) >= 11 is 3.03. The molecule has 0 unspecified atom stereocenters. The summed E-state index contributed by atoms with van der Waals surface area (Å²) in [5, 5.41) is 17.7. The molecule has 6 nitrogen and oxygen atoms in total. The first-order chi connectivity index (χ1) is 6.86. The van der Waals surface area contributed by atoms with E-state index in [0.29, 0.717) is 0 Å². The van der Waals surface area contributed by atoms with Crippen LogP contribution in [0.2, 0.25) is 0 Å². The summed E-state index contributed by atoms with van der Waals surface area (Å²) in [4.78, 5) is 25.3. The highest BCUT2D eigenvalue weighted by molar-refractivity contribution is 9.10. The number of hydrogen-bond donors (Lipinski definition) is 2. The van der Waals surface area contributed by atoms with E-state index in [4.69, 9.17) is 10.2 Å². The molecule has 0 amide bonds. The molecule has 0 aliphatic carbocycles. The minimum absolute atomic E-state index is 0.189. The molecule has 0 atom stereocenters. The van der Waals surface area contributed by atoms with Gasteiger partial charge in [-0.1, -0.05) is 0 Å². The summed E-state index contributed by atoms with van der Waals surface area (Å²) in [6.07, 6.45) is 0. The van der Waals surface area contributed by atoms with E-state index in [0.717, 1.165) is 0 Å². The topological polar surface area (TPSA) is 92.4 Å². The summed E-state index contributed by atoms with van der Waals surface area (Å²) in [6.45, 7) is 3.48. The van der Waals surface area contributed by atoms with Crippen molar-refractivity contribution in [2.24, 2.45) is 0 Å². The van der Waals surface area contributed by atoms with E-state index in [2.05, 4.69) is 20.9 Å². The minimum atomic E-state index is -1.35. The number of halogens is 1. The Morgan fingerprint density at radius 2 is 1.87 bits per heavy atom. The van der Waals surface area contributed by atoms with Crippen molar-refractivity contribution in [3.63, 3.8) is 0 Å². The SMILES string of the molecule is CC(C)n1c(Br)nc(C(=O)O)c1C(=O)O. The van der Waals surface area contributed by atoms with Gasteiger partial charge < -0.3 is 14.8 Å². The van der Waals surface area contributed by atoms with Crippen LogP contribution in [0.1, 0.15) is 40.9 Å². The van der Waals surface area contributed by atoms with Gasteiger partial charge in [-0.05, 0) is 29.8 Å². The first kappa shape index (κ1) is 11.7. The third kappa shape index (κ3) is 2.01. The highest BCUT2D eigenvalue weighted by atomic mass is 79.9. The van der Waals surface area contributed by atoms with Gasteiger partial charge in [-0.15, -0.1) is 0 Å². The fourth-order valence-corrected chi connectivity index (χ4v) is 1.99. The summed E-state index contributed by atoms with van der Waals surface area (Å²) < 4.78 is 1.51. The normalized spacial score (nSPS) is 10.7.